The van der Waals surface area contributed by atoms with Crippen molar-refractivity contribution in [2.75, 3.05) is 14.2 Å². The summed E-state index contributed by atoms with van der Waals surface area (Å²) >= 11 is 8.13. The Hall–Kier alpha value is -0.850. The van der Waals surface area contributed by atoms with E-state index in [-0.39, 0.29) is 5.78 Å². The van der Waals surface area contributed by atoms with Crippen LogP contribution < -0.4 is 9.47 Å². The molecule has 6 heteroatoms. The molecule has 0 spiro atoms. The van der Waals surface area contributed by atoms with Crippen LogP contribution in [0.15, 0.2) is 32.5 Å². The van der Waals surface area contributed by atoms with Crippen LogP contribution in [-0.4, -0.2) is 20.0 Å². The summed E-state index contributed by atoms with van der Waals surface area (Å²) in [7, 11) is 3.10. The second kappa shape index (κ2) is 6.07. The summed E-state index contributed by atoms with van der Waals surface area (Å²) in [6, 6.07) is 7.08. The molecule has 0 aliphatic heterocycles. The van der Waals surface area contributed by atoms with Crippen LogP contribution in [0.3, 0.4) is 0 Å². The molecule has 1 heterocycles. The van der Waals surface area contributed by atoms with Gasteiger partial charge in [-0.15, -0.1) is 11.3 Å². The molecule has 0 fully saturated rings. The Morgan fingerprint density at radius 1 is 1.11 bits per heavy atom. The summed E-state index contributed by atoms with van der Waals surface area (Å²) in [4.78, 5) is 13.1. The number of ketones is 1. The van der Waals surface area contributed by atoms with Crippen LogP contribution >= 0.6 is 43.2 Å². The summed E-state index contributed by atoms with van der Waals surface area (Å²) in [5.74, 6) is 1.03. The van der Waals surface area contributed by atoms with Gasteiger partial charge in [0.1, 0.15) is 16.0 Å². The normalized spacial score (nSPS) is 10.3. The molecular weight excluding hydrogens is 396 g/mol. The first-order valence-corrected chi connectivity index (χ1v) is 7.69. The molecule has 0 aliphatic rings. The highest BCUT2D eigenvalue weighted by Gasteiger charge is 2.20. The molecule has 3 nitrogen and oxygen atoms in total. The predicted octanol–water partition coefficient (Wildman–Crippen LogP) is 4.52. The number of ether oxygens (including phenoxy) is 2. The lowest BCUT2D eigenvalue weighted by atomic mass is 10.1. The summed E-state index contributed by atoms with van der Waals surface area (Å²) in [5.41, 5.74) is 0.504. The van der Waals surface area contributed by atoms with Crippen LogP contribution in [0.2, 0.25) is 0 Å². The molecule has 2 aromatic rings. The molecule has 1 aromatic carbocycles. The van der Waals surface area contributed by atoms with Gasteiger partial charge in [-0.05, 0) is 56.1 Å². The average Bonchev–Trinajstić information content (AvgIpc) is 2.84. The molecule has 2 rings (SSSR count). The van der Waals surface area contributed by atoms with Gasteiger partial charge >= 0.3 is 0 Å². The van der Waals surface area contributed by atoms with E-state index in [2.05, 4.69) is 31.9 Å². The predicted molar refractivity (Wildman–Crippen MR) is 82.7 cm³/mol. The minimum atomic E-state index is -0.0732. The molecule has 0 saturated heterocycles. The molecular formula is C13H10Br2O3S. The van der Waals surface area contributed by atoms with E-state index in [1.165, 1.54) is 18.4 Å². The van der Waals surface area contributed by atoms with E-state index in [0.717, 1.165) is 3.79 Å². The van der Waals surface area contributed by atoms with Gasteiger partial charge in [-0.2, -0.15) is 0 Å². The van der Waals surface area contributed by atoms with Crippen molar-refractivity contribution in [2.24, 2.45) is 0 Å². The number of rotatable bonds is 4. The number of benzene rings is 1. The fourth-order valence-electron chi connectivity index (χ4n) is 1.64. The van der Waals surface area contributed by atoms with Crippen molar-refractivity contribution in [1.82, 2.24) is 0 Å². The number of hydrogen-bond donors (Lipinski definition) is 0. The number of halogens is 2. The minimum absolute atomic E-state index is 0.0732. The van der Waals surface area contributed by atoms with Crippen molar-refractivity contribution in [1.29, 1.82) is 0 Å². The SMILES string of the molecule is COc1ccc(C(=O)c2ccc(Br)s2)c(OC)c1Br. The van der Waals surface area contributed by atoms with E-state index >= 15 is 0 Å². The monoisotopic (exact) mass is 404 g/mol. The van der Waals surface area contributed by atoms with E-state index in [9.17, 15) is 4.79 Å². The van der Waals surface area contributed by atoms with E-state index in [1.807, 2.05) is 6.07 Å². The van der Waals surface area contributed by atoms with Crippen molar-refractivity contribution in [2.45, 2.75) is 0 Å². The molecule has 0 saturated carbocycles. The van der Waals surface area contributed by atoms with E-state index < -0.39 is 0 Å². The van der Waals surface area contributed by atoms with Crippen molar-refractivity contribution < 1.29 is 14.3 Å². The topological polar surface area (TPSA) is 35.5 Å². The van der Waals surface area contributed by atoms with Gasteiger partial charge in [0, 0.05) is 0 Å². The summed E-state index contributed by atoms with van der Waals surface area (Å²) in [6.45, 7) is 0. The molecule has 0 aliphatic carbocycles. The second-order valence-electron chi connectivity index (χ2n) is 3.60. The quantitative estimate of drug-likeness (QED) is 0.701. The van der Waals surface area contributed by atoms with Gasteiger partial charge in [0.25, 0.3) is 0 Å². The highest BCUT2D eigenvalue weighted by molar-refractivity contribution is 9.11. The van der Waals surface area contributed by atoms with Crippen molar-refractivity contribution in [3.63, 3.8) is 0 Å². The standard InChI is InChI=1S/C13H10Br2O3S/c1-17-8-4-3-7(13(18-2)11(8)15)12(16)9-5-6-10(14)19-9/h3-6H,1-2H3. The highest BCUT2D eigenvalue weighted by Crippen LogP contribution is 2.38. The molecule has 0 unspecified atom stereocenters. The number of hydrogen-bond acceptors (Lipinski definition) is 4. The van der Waals surface area contributed by atoms with E-state index in [1.54, 1.807) is 25.3 Å². The number of methoxy groups -OCH3 is 2. The second-order valence-corrected chi connectivity index (χ2v) is 6.85. The summed E-state index contributed by atoms with van der Waals surface area (Å²) in [6.07, 6.45) is 0. The lowest BCUT2D eigenvalue weighted by Crippen LogP contribution is -2.03. The maximum Gasteiger partial charge on any atom is 0.206 e. The largest absolute Gasteiger partial charge is 0.495 e. The average molecular weight is 406 g/mol. The Labute approximate surface area is 131 Å². The Balaban J connectivity index is 2.50. The lowest BCUT2D eigenvalue weighted by molar-refractivity contribution is 0.103. The van der Waals surface area contributed by atoms with Crippen molar-refractivity contribution in [3.05, 3.63) is 43.0 Å². The van der Waals surface area contributed by atoms with Gasteiger partial charge in [0.2, 0.25) is 5.78 Å². The zero-order valence-electron chi connectivity index (χ0n) is 10.2. The number of carbonyl (C=O) groups is 1. The first kappa shape index (κ1) is 14.6. The molecule has 0 N–H and O–H groups in total. The van der Waals surface area contributed by atoms with Crippen LogP contribution in [0.4, 0.5) is 0 Å². The Bertz CT molecular complexity index is 622. The van der Waals surface area contributed by atoms with Crippen molar-refractivity contribution in [3.8, 4) is 11.5 Å². The van der Waals surface area contributed by atoms with Gasteiger partial charge in [-0.3, -0.25) is 4.79 Å². The van der Waals surface area contributed by atoms with Crippen LogP contribution in [0.5, 0.6) is 11.5 Å². The zero-order valence-corrected chi connectivity index (χ0v) is 14.2. The van der Waals surface area contributed by atoms with Crippen LogP contribution in [0.25, 0.3) is 0 Å². The fourth-order valence-corrected chi connectivity index (χ4v) is 3.65. The minimum Gasteiger partial charge on any atom is -0.495 e. The molecule has 0 amide bonds. The smallest absolute Gasteiger partial charge is 0.206 e. The number of carbonyl (C=O) groups excluding carboxylic acids is 1. The third-order valence-electron chi connectivity index (χ3n) is 2.53. The maximum atomic E-state index is 12.4. The van der Waals surface area contributed by atoms with Gasteiger partial charge in [-0.25, -0.2) is 0 Å². The Morgan fingerprint density at radius 2 is 1.84 bits per heavy atom. The van der Waals surface area contributed by atoms with E-state index in [0.29, 0.717) is 26.4 Å². The molecule has 19 heavy (non-hydrogen) atoms. The first-order valence-electron chi connectivity index (χ1n) is 5.29. The van der Waals surface area contributed by atoms with E-state index in [4.69, 9.17) is 9.47 Å². The maximum absolute atomic E-state index is 12.4. The third-order valence-corrected chi connectivity index (χ3v) is 4.90. The van der Waals surface area contributed by atoms with Crippen molar-refractivity contribution >= 4 is 49.0 Å². The van der Waals surface area contributed by atoms with Gasteiger partial charge in [0.15, 0.2) is 0 Å². The summed E-state index contributed by atoms with van der Waals surface area (Å²) in [5, 5.41) is 0. The third kappa shape index (κ3) is 2.85. The number of thiophene rings is 1. The summed E-state index contributed by atoms with van der Waals surface area (Å²) < 4.78 is 12.1. The van der Waals surface area contributed by atoms with Crippen LogP contribution in [0, 0.1) is 0 Å². The Kier molecular flexibility index (Phi) is 4.65. The fraction of sp³-hybridized carbons (Fsp3) is 0.154. The van der Waals surface area contributed by atoms with Gasteiger partial charge in [0.05, 0.1) is 28.4 Å². The van der Waals surface area contributed by atoms with Crippen LogP contribution in [-0.2, 0) is 0 Å². The first-order chi connectivity index (χ1) is 9.08. The molecule has 0 atom stereocenters. The van der Waals surface area contributed by atoms with Crippen LogP contribution in [0.1, 0.15) is 15.2 Å². The molecule has 0 bridgehead atoms. The highest BCUT2D eigenvalue weighted by atomic mass is 79.9. The van der Waals surface area contributed by atoms with Gasteiger partial charge in [-0.1, -0.05) is 0 Å². The lowest BCUT2D eigenvalue weighted by Gasteiger charge is -2.12. The Morgan fingerprint density at radius 3 is 2.37 bits per heavy atom. The molecule has 100 valence electrons. The zero-order chi connectivity index (χ0) is 14.0. The molecule has 0 radical (unpaired) electrons. The van der Waals surface area contributed by atoms with Gasteiger partial charge < -0.3 is 9.47 Å². The molecule has 1 aromatic heterocycles.